The second kappa shape index (κ2) is 8.77. The smallest absolute Gasteiger partial charge is 0.243 e. The van der Waals surface area contributed by atoms with Crippen molar-refractivity contribution in [1.29, 1.82) is 0 Å². The molecule has 1 amide bonds. The number of benzene rings is 2. The van der Waals surface area contributed by atoms with Gasteiger partial charge in [-0.3, -0.25) is 4.79 Å². The van der Waals surface area contributed by atoms with Crippen LogP contribution < -0.4 is 14.8 Å². The van der Waals surface area contributed by atoms with Gasteiger partial charge in [-0.05, 0) is 49.2 Å². The second-order valence-electron chi connectivity index (χ2n) is 7.94. The standard InChI is InChI=1S/C23H23N3O5S2/c1-30-16-8-10-17(11-9-16)33(28,29)26-12-4-5-15(13-26)22(27)25-23-24-21-18-6-2-3-7-19(18)31-14-20(21)32-23/h2-3,6-11,15H,4-5,12-14H2,1H3,(H,24,25,27). The first-order chi connectivity index (χ1) is 16.0. The van der Waals surface area contributed by atoms with Crippen LogP contribution in [-0.2, 0) is 21.4 Å². The Morgan fingerprint density at radius 2 is 2.00 bits per heavy atom. The van der Waals surface area contributed by atoms with Crippen LogP contribution in [0.25, 0.3) is 11.3 Å². The fraction of sp³-hybridized carbons (Fsp3) is 0.304. The van der Waals surface area contributed by atoms with Gasteiger partial charge in [0.1, 0.15) is 18.1 Å². The largest absolute Gasteiger partial charge is 0.497 e. The van der Waals surface area contributed by atoms with Crippen molar-refractivity contribution >= 4 is 32.4 Å². The number of fused-ring (bicyclic) bond motifs is 3. The van der Waals surface area contributed by atoms with E-state index in [0.29, 0.717) is 36.9 Å². The molecule has 2 aliphatic rings. The van der Waals surface area contributed by atoms with Crippen LogP contribution >= 0.6 is 11.3 Å². The summed E-state index contributed by atoms with van der Waals surface area (Å²) in [5, 5.41) is 3.40. The van der Waals surface area contributed by atoms with Crippen LogP contribution in [0.2, 0.25) is 0 Å². The molecule has 1 atom stereocenters. The molecule has 0 aliphatic carbocycles. The number of thiazole rings is 1. The number of piperidine rings is 1. The average molecular weight is 486 g/mol. The number of methoxy groups -OCH3 is 1. The highest BCUT2D eigenvalue weighted by Crippen LogP contribution is 2.40. The molecule has 0 bridgehead atoms. The van der Waals surface area contributed by atoms with Gasteiger partial charge in [-0.2, -0.15) is 4.31 Å². The average Bonchev–Trinajstić information content (AvgIpc) is 3.27. The minimum Gasteiger partial charge on any atom is -0.497 e. The number of carbonyl (C=O) groups excluding carboxylic acids is 1. The number of aromatic nitrogens is 1. The monoisotopic (exact) mass is 485 g/mol. The Balaban J connectivity index is 1.30. The first kappa shape index (κ1) is 21.9. The predicted octanol–water partition coefficient (Wildman–Crippen LogP) is 3.75. The zero-order valence-electron chi connectivity index (χ0n) is 18.0. The number of nitrogens with zero attached hydrogens (tertiary/aromatic N) is 2. The lowest BCUT2D eigenvalue weighted by atomic mass is 9.99. The zero-order valence-corrected chi connectivity index (χ0v) is 19.6. The Bertz CT molecular complexity index is 1290. The van der Waals surface area contributed by atoms with Crippen molar-refractivity contribution in [3.63, 3.8) is 0 Å². The van der Waals surface area contributed by atoms with E-state index in [1.807, 2.05) is 24.3 Å². The third-order valence-corrected chi connectivity index (χ3v) is 8.70. The fourth-order valence-corrected chi connectivity index (χ4v) is 6.54. The molecule has 0 spiro atoms. The van der Waals surface area contributed by atoms with Gasteiger partial charge in [0.05, 0.1) is 28.5 Å². The Hall–Kier alpha value is -2.95. The molecule has 5 rings (SSSR count). The summed E-state index contributed by atoms with van der Waals surface area (Å²) in [4.78, 5) is 18.8. The van der Waals surface area contributed by atoms with E-state index in [0.717, 1.165) is 21.9 Å². The van der Waals surface area contributed by atoms with Gasteiger partial charge in [-0.1, -0.05) is 23.5 Å². The highest BCUT2D eigenvalue weighted by atomic mass is 32.2. The van der Waals surface area contributed by atoms with Crippen molar-refractivity contribution < 1.29 is 22.7 Å². The number of hydrogen-bond donors (Lipinski definition) is 1. The minimum absolute atomic E-state index is 0.136. The number of rotatable bonds is 5. The maximum atomic E-state index is 13.1. The summed E-state index contributed by atoms with van der Waals surface area (Å²) < 4.78 is 38.4. The van der Waals surface area contributed by atoms with Crippen molar-refractivity contribution in [2.75, 3.05) is 25.5 Å². The van der Waals surface area contributed by atoms with E-state index in [1.165, 1.54) is 34.9 Å². The van der Waals surface area contributed by atoms with E-state index in [2.05, 4.69) is 10.3 Å². The normalized spacial score (nSPS) is 18.0. The first-order valence-electron chi connectivity index (χ1n) is 10.6. The molecule has 3 aromatic rings. The highest BCUT2D eigenvalue weighted by Gasteiger charge is 2.34. The lowest BCUT2D eigenvalue weighted by Crippen LogP contribution is -2.43. The SMILES string of the molecule is COc1ccc(S(=O)(=O)N2CCCC(C(=O)Nc3nc4c(s3)COc3ccccc3-4)C2)cc1. The van der Waals surface area contributed by atoms with Crippen molar-refractivity contribution in [3.8, 4) is 22.8 Å². The van der Waals surface area contributed by atoms with Gasteiger partial charge in [0.15, 0.2) is 5.13 Å². The molecule has 3 heterocycles. The molecular formula is C23H23N3O5S2. The number of sulfonamides is 1. The van der Waals surface area contributed by atoms with Gasteiger partial charge < -0.3 is 14.8 Å². The van der Waals surface area contributed by atoms with Crippen LogP contribution in [0.4, 0.5) is 5.13 Å². The summed E-state index contributed by atoms with van der Waals surface area (Å²) in [7, 11) is -2.16. The number of hydrogen-bond acceptors (Lipinski definition) is 7. The Labute approximate surface area is 196 Å². The molecule has 0 saturated carbocycles. The van der Waals surface area contributed by atoms with Crippen molar-refractivity contribution in [2.45, 2.75) is 24.3 Å². The lowest BCUT2D eigenvalue weighted by molar-refractivity contribution is -0.120. The summed E-state index contributed by atoms with van der Waals surface area (Å²) in [6, 6.07) is 14.0. The van der Waals surface area contributed by atoms with Crippen molar-refractivity contribution in [2.24, 2.45) is 5.92 Å². The maximum Gasteiger partial charge on any atom is 0.243 e. The Morgan fingerprint density at radius 3 is 2.79 bits per heavy atom. The van der Waals surface area contributed by atoms with Crippen molar-refractivity contribution in [3.05, 3.63) is 53.4 Å². The van der Waals surface area contributed by atoms with E-state index >= 15 is 0 Å². The number of para-hydroxylation sites is 1. The van der Waals surface area contributed by atoms with Gasteiger partial charge in [-0.25, -0.2) is 13.4 Å². The maximum absolute atomic E-state index is 13.1. The third-order valence-electron chi connectivity index (χ3n) is 5.88. The van der Waals surface area contributed by atoms with Gasteiger partial charge >= 0.3 is 0 Å². The Morgan fingerprint density at radius 1 is 1.21 bits per heavy atom. The molecule has 10 heteroatoms. The number of anilines is 1. The molecule has 1 unspecified atom stereocenters. The number of ether oxygens (including phenoxy) is 2. The highest BCUT2D eigenvalue weighted by molar-refractivity contribution is 7.89. The van der Waals surface area contributed by atoms with Crippen LogP contribution in [0.1, 0.15) is 17.7 Å². The molecule has 1 saturated heterocycles. The van der Waals surface area contributed by atoms with Gasteiger partial charge in [0.25, 0.3) is 0 Å². The first-order valence-corrected chi connectivity index (χ1v) is 12.9. The quantitative estimate of drug-likeness (QED) is 0.591. The van der Waals surface area contributed by atoms with Crippen LogP contribution in [-0.4, -0.2) is 43.8 Å². The van der Waals surface area contributed by atoms with Gasteiger partial charge in [0.2, 0.25) is 15.9 Å². The van der Waals surface area contributed by atoms with E-state index in [9.17, 15) is 13.2 Å². The fourth-order valence-electron chi connectivity index (χ4n) is 4.12. The molecule has 172 valence electrons. The topological polar surface area (TPSA) is 97.8 Å². The van der Waals surface area contributed by atoms with Crippen LogP contribution in [0.3, 0.4) is 0 Å². The molecule has 2 aliphatic heterocycles. The predicted molar refractivity (Wildman–Crippen MR) is 125 cm³/mol. The minimum atomic E-state index is -3.69. The molecule has 8 nitrogen and oxygen atoms in total. The summed E-state index contributed by atoms with van der Waals surface area (Å²) in [6.45, 7) is 0.937. The molecule has 1 fully saturated rings. The zero-order chi connectivity index (χ0) is 23.0. The molecule has 1 N–H and O–H groups in total. The van der Waals surface area contributed by atoms with Gasteiger partial charge in [0, 0.05) is 18.7 Å². The molecule has 1 aromatic heterocycles. The molecule has 0 radical (unpaired) electrons. The summed E-state index contributed by atoms with van der Waals surface area (Å²) in [5.41, 5.74) is 1.73. The number of carbonyl (C=O) groups is 1. The number of amides is 1. The molecule has 33 heavy (non-hydrogen) atoms. The summed E-state index contributed by atoms with van der Waals surface area (Å²) >= 11 is 1.39. The van der Waals surface area contributed by atoms with E-state index < -0.39 is 15.9 Å². The second-order valence-corrected chi connectivity index (χ2v) is 11.0. The summed E-state index contributed by atoms with van der Waals surface area (Å²) in [6.07, 6.45) is 1.24. The van der Waals surface area contributed by atoms with E-state index in [-0.39, 0.29) is 17.3 Å². The number of nitrogens with one attached hydrogen (secondary N) is 1. The van der Waals surface area contributed by atoms with E-state index in [4.69, 9.17) is 9.47 Å². The molecular weight excluding hydrogens is 462 g/mol. The van der Waals surface area contributed by atoms with Crippen LogP contribution in [0, 0.1) is 5.92 Å². The lowest BCUT2D eigenvalue weighted by Gasteiger charge is -2.31. The van der Waals surface area contributed by atoms with Crippen molar-refractivity contribution in [1.82, 2.24) is 9.29 Å². The van der Waals surface area contributed by atoms with Gasteiger partial charge in [-0.15, -0.1) is 0 Å². The third kappa shape index (κ3) is 4.21. The van der Waals surface area contributed by atoms with Crippen LogP contribution in [0.15, 0.2) is 53.4 Å². The molecule has 2 aromatic carbocycles. The Kier molecular flexibility index (Phi) is 5.81. The summed E-state index contributed by atoms with van der Waals surface area (Å²) in [5.74, 6) is 0.699. The van der Waals surface area contributed by atoms with E-state index in [1.54, 1.807) is 12.1 Å². The van der Waals surface area contributed by atoms with Crippen LogP contribution in [0.5, 0.6) is 11.5 Å².